The van der Waals surface area contributed by atoms with Gasteiger partial charge in [0.15, 0.2) is 27.3 Å². The number of ketones is 1. The van der Waals surface area contributed by atoms with Crippen LogP contribution in [0.15, 0.2) is 41.3 Å². The molecular formula is C30H33ClF2N2O7S. The smallest absolute Gasteiger partial charge is 0.410 e. The highest BCUT2D eigenvalue weighted by Crippen LogP contribution is 2.54. The van der Waals surface area contributed by atoms with Crippen molar-refractivity contribution in [3.05, 3.63) is 58.6 Å². The number of carbonyl (C=O) groups excluding carboxylic acids is 3. The lowest BCUT2D eigenvalue weighted by atomic mass is 9.71. The van der Waals surface area contributed by atoms with Gasteiger partial charge in [-0.15, -0.1) is 0 Å². The zero-order valence-corrected chi connectivity index (χ0v) is 25.1. The number of anilines is 1. The fraction of sp³-hybridized carbons (Fsp3) is 0.500. The molecule has 5 atom stereocenters. The number of sulfone groups is 1. The fourth-order valence-electron chi connectivity index (χ4n) is 7.02. The summed E-state index contributed by atoms with van der Waals surface area (Å²) in [4.78, 5) is 39.1. The maximum absolute atomic E-state index is 13.8. The Morgan fingerprint density at radius 1 is 1.07 bits per heavy atom. The maximum atomic E-state index is 13.8. The summed E-state index contributed by atoms with van der Waals surface area (Å²) in [6.07, 6.45) is 2.50. The summed E-state index contributed by atoms with van der Waals surface area (Å²) < 4.78 is 59.3. The van der Waals surface area contributed by atoms with Crippen molar-refractivity contribution < 1.29 is 41.4 Å². The Morgan fingerprint density at radius 2 is 1.77 bits per heavy atom. The third kappa shape index (κ3) is 6.01. The number of Topliss-reactive ketones (excluding diaryl/α,β-unsaturated/α-hetero) is 1. The van der Waals surface area contributed by atoms with Crippen LogP contribution in [0.4, 0.5) is 19.3 Å². The third-order valence-corrected chi connectivity index (χ3v) is 11.9. The van der Waals surface area contributed by atoms with Crippen LogP contribution in [-0.4, -0.2) is 66.8 Å². The number of aliphatic hydroxyl groups is 1. The number of hydrogen-bond acceptors (Lipinski definition) is 7. The molecule has 0 aromatic heterocycles. The summed E-state index contributed by atoms with van der Waals surface area (Å²) in [5.74, 6) is -3.78. The highest BCUT2D eigenvalue weighted by Gasteiger charge is 2.55. The molecule has 0 radical (unpaired) electrons. The number of carbonyl (C=O) groups is 3. The Bertz CT molecular complexity index is 1540. The summed E-state index contributed by atoms with van der Waals surface area (Å²) >= 11 is 6.31. The van der Waals surface area contributed by atoms with Crippen LogP contribution in [0.25, 0.3) is 0 Å². The zero-order chi connectivity index (χ0) is 31.1. The van der Waals surface area contributed by atoms with Crippen molar-refractivity contribution in [2.45, 2.75) is 73.2 Å². The molecule has 0 spiro atoms. The highest BCUT2D eigenvalue weighted by molar-refractivity contribution is 7.92. The summed E-state index contributed by atoms with van der Waals surface area (Å²) in [6.45, 7) is 0.439. The van der Waals surface area contributed by atoms with Gasteiger partial charge in [0, 0.05) is 30.3 Å². The number of ether oxygens (including phenoxy) is 1. The molecule has 232 valence electrons. The van der Waals surface area contributed by atoms with Gasteiger partial charge >= 0.3 is 6.09 Å². The molecule has 3 aliphatic rings. The number of likely N-dealkylation sites (tertiary alicyclic amines) is 1. The van der Waals surface area contributed by atoms with Crippen LogP contribution in [-0.2, 0) is 19.4 Å². The van der Waals surface area contributed by atoms with Gasteiger partial charge in [-0.2, -0.15) is 0 Å². The minimum Gasteiger partial charge on any atom is -0.453 e. The van der Waals surface area contributed by atoms with Gasteiger partial charge in [-0.05, 0) is 87.1 Å². The number of methoxy groups -OCH3 is 1. The molecule has 13 heteroatoms. The molecule has 5 rings (SSSR count). The molecule has 2 N–H and O–H groups in total. The topological polar surface area (TPSA) is 130 Å². The lowest BCUT2D eigenvalue weighted by molar-refractivity contribution is -0.126. The average Bonchev–Trinajstić information content (AvgIpc) is 3.50. The molecule has 43 heavy (non-hydrogen) atoms. The van der Waals surface area contributed by atoms with Crippen molar-refractivity contribution in [1.82, 2.24) is 4.90 Å². The first-order chi connectivity index (χ1) is 20.3. The fourth-order valence-corrected chi connectivity index (χ4v) is 9.42. The van der Waals surface area contributed by atoms with E-state index < -0.39 is 50.4 Å². The molecule has 1 heterocycles. The second-order valence-electron chi connectivity index (χ2n) is 11.6. The van der Waals surface area contributed by atoms with Crippen LogP contribution in [0.1, 0.15) is 61.7 Å². The molecule has 2 saturated carbocycles. The van der Waals surface area contributed by atoms with E-state index in [-0.39, 0.29) is 64.5 Å². The van der Waals surface area contributed by atoms with E-state index in [1.54, 1.807) is 0 Å². The summed E-state index contributed by atoms with van der Waals surface area (Å²) in [5, 5.41) is 13.2. The van der Waals surface area contributed by atoms with Gasteiger partial charge in [0.1, 0.15) is 0 Å². The van der Waals surface area contributed by atoms with E-state index in [0.717, 1.165) is 12.1 Å². The Kier molecular flexibility index (Phi) is 8.84. The van der Waals surface area contributed by atoms with E-state index in [1.165, 1.54) is 36.3 Å². The standard InChI is InChI=1S/C30H33ClF2N2O7S/c1-42-29(38)35-12-2-3-25(35)26(36)10-11-30(39)18-5-6-19(30)15-21(14-18)43(40,41)27-13-17(4-8-22(27)31)28(37)34-20-7-9-23(32)24(33)16-20/h4,7-9,13,16,18-19,21,25,39H,2-3,5-6,10-12,14-15H2,1H3,(H,34,37)/t18-,19?,21?,25-,30?/m0/s1. The van der Waals surface area contributed by atoms with Crippen LogP contribution >= 0.6 is 11.6 Å². The number of benzene rings is 2. The highest BCUT2D eigenvalue weighted by atomic mass is 35.5. The summed E-state index contributed by atoms with van der Waals surface area (Å²) in [6, 6.07) is 6.08. The molecule has 2 bridgehead atoms. The third-order valence-electron chi connectivity index (χ3n) is 9.29. The quantitative estimate of drug-likeness (QED) is 0.409. The molecule has 3 unspecified atom stereocenters. The van der Waals surface area contributed by atoms with Crippen LogP contribution in [0, 0.1) is 23.5 Å². The normalized spacial score (nSPS) is 26.8. The SMILES string of the molecule is COC(=O)N1CCC[C@H]1C(=O)CCC1(O)C2CC[C@H]1CC(S(=O)(=O)c1cc(C(=O)Nc3ccc(F)c(F)c3)ccc1Cl)C2. The first-order valence-electron chi connectivity index (χ1n) is 14.2. The van der Waals surface area contributed by atoms with Crippen molar-refractivity contribution >= 4 is 44.9 Å². The van der Waals surface area contributed by atoms with Crippen molar-refractivity contribution in [3.63, 3.8) is 0 Å². The number of nitrogens with zero attached hydrogens (tertiary/aromatic N) is 1. The van der Waals surface area contributed by atoms with E-state index in [1.807, 2.05) is 0 Å². The molecule has 9 nitrogen and oxygen atoms in total. The summed E-state index contributed by atoms with van der Waals surface area (Å²) in [5.41, 5.74) is -1.24. The van der Waals surface area contributed by atoms with E-state index in [2.05, 4.69) is 5.32 Å². The van der Waals surface area contributed by atoms with E-state index in [4.69, 9.17) is 16.3 Å². The molecule has 2 aromatic carbocycles. The molecule has 1 aliphatic heterocycles. The van der Waals surface area contributed by atoms with Gasteiger partial charge in [0.25, 0.3) is 5.91 Å². The minimum atomic E-state index is -4.03. The van der Waals surface area contributed by atoms with Crippen molar-refractivity contribution in [3.8, 4) is 0 Å². The van der Waals surface area contributed by atoms with E-state index >= 15 is 0 Å². The predicted molar refractivity (Wildman–Crippen MR) is 154 cm³/mol. The van der Waals surface area contributed by atoms with E-state index in [0.29, 0.717) is 32.2 Å². The Hall–Kier alpha value is -3.09. The number of fused-ring (bicyclic) bond motifs is 2. The maximum Gasteiger partial charge on any atom is 0.410 e. The monoisotopic (exact) mass is 638 g/mol. The van der Waals surface area contributed by atoms with Crippen molar-refractivity contribution in [2.24, 2.45) is 11.8 Å². The zero-order valence-electron chi connectivity index (χ0n) is 23.5. The largest absolute Gasteiger partial charge is 0.453 e. The Morgan fingerprint density at radius 3 is 2.42 bits per heavy atom. The lowest BCUT2D eigenvalue weighted by Gasteiger charge is -2.42. The minimum absolute atomic E-state index is 0.00387. The van der Waals surface area contributed by atoms with Crippen LogP contribution < -0.4 is 5.32 Å². The molecule has 1 saturated heterocycles. The van der Waals surface area contributed by atoms with Crippen LogP contribution in [0.3, 0.4) is 0 Å². The predicted octanol–water partition coefficient (Wildman–Crippen LogP) is 5.14. The van der Waals surface area contributed by atoms with Gasteiger partial charge in [0.05, 0.1) is 33.9 Å². The molecule has 2 aromatic rings. The van der Waals surface area contributed by atoms with Crippen molar-refractivity contribution in [2.75, 3.05) is 19.0 Å². The van der Waals surface area contributed by atoms with Crippen LogP contribution in [0.5, 0.6) is 0 Å². The average molecular weight is 639 g/mol. The number of amides is 2. The first kappa shape index (κ1) is 31.3. The number of halogens is 3. The Labute approximate surface area is 253 Å². The molecular weight excluding hydrogens is 606 g/mol. The van der Waals surface area contributed by atoms with Gasteiger partial charge in [-0.1, -0.05) is 11.6 Å². The number of hydrogen-bond donors (Lipinski definition) is 2. The Balaban J connectivity index is 1.28. The second kappa shape index (κ2) is 12.1. The molecule has 2 amide bonds. The second-order valence-corrected chi connectivity index (χ2v) is 14.2. The molecule has 2 aliphatic carbocycles. The van der Waals surface area contributed by atoms with Crippen LogP contribution in [0.2, 0.25) is 5.02 Å². The van der Waals surface area contributed by atoms with Gasteiger partial charge in [-0.25, -0.2) is 22.0 Å². The van der Waals surface area contributed by atoms with Crippen molar-refractivity contribution in [1.29, 1.82) is 0 Å². The number of rotatable bonds is 8. The van der Waals surface area contributed by atoms with Gasteiger partial charge in [0.2, 0.25) is 0 Å². The van der Waals surface area contributed by atoms with Gasteiger partial charge < -0.3 is 15.2 Å². The van der Waals surface area contributed by atoms with Gasteiger partial charge in [-0.3, -0.25) is 14.5 Å². The molecule has 3 fully saturated rings. The first-order valence-corrected chi connectivity index (χ1v) is 16.2. The lowest BCUT2D eigenvalue weighted by Crippen LogP contribution is -2.49. The van der Waals surface area contributed by atoms with E-state index in [9.17, 15) is 36.7 Å². The summed E-state index contributed by atoms with van der Waals surface area (Å²) in [7, 11) is -2.76. The number of nitrogens with one attached hydrogen (secondary N) is 1.